The standard InChI is InChI=1S/C18H21N3O3S/c1-20(2)7-8-21-15-6-5-13(10-16(15)24-12-18(21)23)19-17(22)11-14-4-3-9-25-14/h3-6,9-10H,7-8,11-12H2,1-2H3,(H,19,22). The third-order valence-electron chi connectivity index (χ3n) is 3.87. The Morgan fingerprint density at radius 1 is 1.36 bits per heavy atom. The molecule has 0 atom stereocenters. The fourth-order valence-electron chi connectivity index (χ4n) is 2.60. The maximum Gasteiger partial charge on any atom is 0.265 e. The highest BCUT2D eigenvalue weighted by Gasteiger charge is 2.25. The molecule has 1 N–H and O–H groups in total. The number of amides is 2. The maximum absolute atomic E-state index is 12.1. The number of carbonyl (C=O) groups is 2. The van der Waals surface area contributed by atoms with Gasteiger partial charge >= 0.3 is 0 Å². The van der Waals surface area contributed by atoms with Crippen LogP contribution in [0.5, 0.6) is 5.75 Å². The summed E-state index contributed by atoms with van der Waals surface area (Å²) in [5.41, 5.74) is 1.41. The summed E-state index contributed by atoms with van der Waals surface area (Å²) in [6.45, 7) is 1.39. The summed E-state index contributed by atoms with van der Waals surface area (Å²) in [7, 11) is 3.94. The van der Waals surface area contributed by atoms with Gasteiger partial charge in [0.1, 0.15) is 5.75 Å². The van der Waals surface area contributed by atoms with Crippen molar-refractivity contribution < 1.29 is 14.3 Å². The normalized spacial score (nSPS) is 13.6. The first kappa shape index (κ1) is 17.4. The Kier molecular flexibility index (Phi) is 5.35. The number of rotatable bonds is 6. The van der Waals surface area contributed by atoms with Crippen LogP contribution in [0.2, 0.25) is 0 Å². The van der Waals surface area contributed by atoms with Gasteiger partial charge in [-0.05, 0) is 37.7 Å². The van der Waals surface area contributed by atoms with Gasteiger partial charge in [-0.3, -0.25) is 9.59 Å². The average Bonchev–Trinajstić information content (AvgIpc) is 3.06. The fourth-order valence-corrected chi connectivity index (χ4v) is 3.31. The molecule has 0 radical (unpaired) electrons. The lowest BCUT2D eigenvalue weighted by atomic mass is 10.2. The molecule has 1 aromatic carbocycles. The minimum Gasteiger partial charge on any atom is -0.481 e. The molecule has 0 aliphatic carbocycles. The van der Waals surface area contributed by atoms with Crippen LogP contribution in [-0.2, 0) is 16.0 Å². The average molecular weight is 359 g/mol. The smallest absolute Gasteiger partial charge is 0.265 e. The summed E-state index contributed by atoms with van der Waals surface area (Å²) in [5, 5.41) is 4.84. The molecule has 0 saturated carbocycles. The Balaban J connectivity index is 1.70. The maximum atomic E-state index is 12.1. The van der Waals surface area contributed by atoms with Crippen molar-refractivity contribution in [3.63, 3.8) is 0 Å². The van der Waals surface area contributed by atoms with Crippen LogP contribution in [0.4, 0.5) is 11.4 Å². The summed E-state index contributed by atoms with van der Waals surface area (Å²) >= 11 is 1.56. The molecule has 2 amide bonds. The van der Waals surface area contributed by atoms with E-state index in [4.69, 9.17) is 4.74 Å². The van der Waals surface area contributed by atoms with Gasteiger partial charge < -0.3 is 19.9 Å². The van der Waals surface area contributed by atoms with Gasteiger partial charge in [0.15, 0.2) is 6.61 Å². The molecular weight excluding hydrogens is 338 g/mol. The molecule has 0 bridgehead atoms. The summed E-state index contributed by atoms with van der Waals surface area (Å²) in [6, 6.07) is 9.27. The number of nitrogens with one attached hydrogen (secondary N) is 1. The Morgan fingerprint density at radius 3 is 2.92 bits per heavy atom. The minimum absolute atomic E-state index is 0.0209. The molecule has 6 nitrogen and oxygen atoms in total. The monoisotopic (exact) mass is 359 g/mol. The number of anilines is 2. The molecule has 132 valence electrons. The van der Waals surface area contributed by atoms with Gasteiger partial charge in [0.05, 0.1) is 12.1 Å². The number of hydrogen-bond donors (Lipinski definition) is 1. The number of nitrogens with zero attached hydrogens (tertiary/aromatic N) is 2. The number of likely N-dealkylation sites (N-methyl/N-ethyl adjacent to an activating group) is 1. The van der Waals surface area contributed by atoms with Crippen LogP contribution in [0.1, 0.15) is 4.88 Å². The van der Waals surface area contributed by atoms with E-state index in [0.717, 1.165) is 17.1 Å². The van der Waals surface area contributed by atoms with E-state index in [1.165, 1.54) is 0 Å². The van der Waals surface area contributed by atoms with Gasteiger partial charge in [0.25, 0.3) is 5.91 Å². The second kappa shape index (κ2) is 7.67. The number of thiophene rings is 1. The molecule has 0 unspecified atom stereocenters. The Labute approximate surface area is 151 Å². The van der Waals surface area contributed by atoms with Gasteiger partial charge in [-0.2, -0.15) is 0 Å². The van der Waals surface area contributed by atoms with Crippen molar-refractivity contribution in [3.8, 4) is 5.75 Å². The van der Waals surface area contributed by atoms with Gasteiger partial charge in [-0.1, -0.05) is 6.07 Å². The van der Waals surface area contributed by atoms with Gasteiger partial charge in [0, 0.05) is 29.7 Å². The molecule has 3 rings (SSSR count). The predicted molar refractivity (Wildman–Crippen MR) is 99.5 cm³/mol. The minimum atomic E-state index is -0.0706. The van der Waals surface area contributed by atoms with E-state index in [1.54, 1.807) is 28.4 Å². The highest BCUT2D eigenvalue weighted by Crippen LogP contribution is 2.34. The van der Waals surface area contributed by atoms with Crippen LogP contribution < -0.4 is 15.0 Å². The topological polar surface area (TPSA) is 61.9 Å². The van der Waals surface area contributed by atoms with Crippen molar-refractivity contribution >= 4 is 34.5 Å². The molecule has 0 fully saturated rings. The third-order valence-corrected chi connectivity index (χ3v) is 4.75. The van der Waals surface area contributed by atoms with E-state index in [1.807, 2.05) is 42.6 Å². The van der Waals surface area contributed by atoms with Crippen LogP contribution in [-0.4, -0.2) is 50.5 Å². The van der Waals surface area contributed by atoms with Crippen LogP contribution in [0.15, 0.2) is 35.7 Å². The zero-order valence-corrected chi connectivity index (χ0v) is 15.1. The van der Waals surface area contributed by atoms with Crippen molar-refractivity contribution in [1.29, 1.82) is 0 Å². The second-order valence-corrected chi connectivity index (χ2v) is 7.16. The van der Waals surface area contributed by atoms with E-state index in [0.29, 0.717) is 24.4 Å². The lowest BCUT2D eigenvalue weighted by Crippen LogP contribution is -2.42. The van der Waals surface area contributed by atoms with Crippen molar-refractivity contribution in [1.82, 2.24) is 4.90 Å². The van der Waals surface area contributed by atoms with E-state index in [-0.39, 0.29) is 18.4 Å². The zero-order chi connectivity index (χ0) is 17.8. The molecule has 7 heteroatoms. The molecule has 0 saturated heterocycles. The van der Waals surface area contributed by atoms with Crippen molar-refractivity contribution in [2.75, 3.05) is 44.0 Å². The first-order valence-corrected chi connectivity index (χ1v) is 8.95. The molecule has 1 aliphatic rings. The molecule has 1 aliphatic heterocycles. The van der Waals surface area contributed by atoms with Gasteiger partial charge in [0.2, 0.25) is 5.91 Å². The first-order chi connectivity index (χ1) is 12.0. The zero-order valence-electron chi connectivity index (χ0n) is 14.3. The molecular formula is C18H21N3O3S. The van der Waals surface area contributed by atoms with Crippen LogP contribution in [0.3, 0.4) is 0 Å². The summed E-state index contributed by atoms with van der Waals surface area (Å²) < 4.78 is 5.55. The van der Waals surface area contributed by atoms with Crippen LogP contribution in [0.25, 0.3) is 0 Å². The van der Waals surface area contributed by atoms with Crippen molar-refractivity contribution in [2.45, 2.75) is 6.42 Å². The van der Waals surface area contributed by atoms with E-state index >= 15 is 0 Å². The van der Waals surface area contributed by atoms with Crippen LogP contribution in [0, 0.1) is 0 Å². The number of fused-ring (bicyclic) bond motifs is 1. The number of benzene rings is 1. The summed E-state index contributed by atoms with van der Waals surface area (Å²) in [4.78, 5) is 29.0. The van der Waals surface area contributed by atoms with E-state index in [9.17, 15) is 9.59 Å². The Hall–Kier alpha value is -2.38. The summed E-state index contributed by atoms with van der Waals surface area (Å²) in [5.74, 6) is 0.495. The SMILES string of the molecule is CN(C)CCN1C(=O)COc2cc(NC(=O)Cc3cccs3)ccc21. The number of carbonyl (C=O) groups excluding carboxylic acids is 2. The van der Waals surface area contributed by atoms with Gasteiger partial charge in [-0.25, -0.2) is 0 Å². The molecule has 2 heterocycles. The highest BCUT2D eigenvalue weighted by atomic mass is 32.1. The predicted octanol–water partition coefficient (Wildman–Crippen LogP) is 2.22. The van der Waals surface area contributed by atoms with E-state index < -0.39 is 0 Å². The summed E-state index contributed by atoms with van der Waals surface area (Å²) in [6.07, 6.45) is 0.350. The number of hydrogen-bond acceptors (Lipinski definition) is 5. The molecule has 0 spiro atoms. The first-order valence-electron chi connectivity index (χ1n) is 8.07. The number of ether oxygens (including phenoxy) is 1. The molecule has 25 heavy (non-hydrogen) atoms. The fraction of sp³-hybridized carbons (Fsp3) is 0.333. The lowest BCUT2D eigenvalue weighted by Gasteiger charge is -2.30. The Morgan fingerprint density at radius 2 is 2.20 bits per heavy atom. The molecule has 1 aromatic heterocycles. The van der Waals surface area contributed by atoms with E-state index in [2.05, 4.69) is 5.32 Å². The lowest BCUT2D eigenvalue weighted by molar-refractivity contribution is -0.121. The van der Waals surface area contributed by atoms with Crippen molar-refractivity contribution in [2.24, 2.45) is 0 Å². The highest BCUT2D eigenvalue weighted by molar-refractivity contribution is 7.10. The van der Waals surface area contributed by atoms with Crippen LogP contribution >= 0.6 is 11.3 Å². The second-order valence-electron chi connectivity index (χ2n) is 6.12. The quantitative estimate of drug-likeness (QED) is 0.859. The Bertz CT molecular complexity index is 759. The van der Waals surface area contributed by atoms with Crippen molar-refractivity contribution in [3.05, 3.63) is 40.6 Å². The third kappa shape index (κ3) is 4.37. The largest absolute Gasteiger partial charge is 0.481 e. The van der Waals surface area contributed by atoms with Gasteiger partial charge in [-0.15, -0.1) is 11.3 Å². The molecule has 2 aromatic rings.